The number of hydrogen-bond donors (Lipinski definition) is 2. The summed E-state index contributed by atoms with van der Waals surface area (Å²) in [5.41, 5.74) is 4.61. The maximum Gasteiger partial charge on any atom is 1.00 e. The Hall–Kier alpha value is -1.82. The van der Waals surface area contributed by atoms with Crippen LogP contribution in [0.15, 0.2) is 30.3 Å². The van der Waals surface area contributed by atoms with E-state index < -0.39 is 17.9 Å². The first-order valence-electron chi connectivity index (χ1n) is 10.3. The van der Waals surface area contributed by atoms with Crippen molar-refractivity contribution in [2.45, 2.75) is 65.3 Å². The monoisotopic (exact) mass is 429 g/mol. The standard InChI is InChI=1S/C23H29N3O4.B.Li/c1-23(2,3)30-22(29)26-13-18-17-12-25(11-15-7-5-4-6-8-15)10-9-16(17)19(14-27)24-20(18)21(26)28;;/h4-8,21,27-28H,9-14H2,1-3H3;;/q;-1;+1. The van der Waals surface area contributed by atoms with Gasteiger partial charge in [0.25, 0.3) is 0 Å². The first-order chi connectivity index (χ1) is 14.3. The zero-order valence-corrected chi connectivity index (χ0v) is 19.3. The topological polar surface area (TPSA) is 86.1 Å². The number of aliphatic hydroxyl groups excluding tert-OH is 2. The maximum atomic E-state index is 12.6. The molecule has 32 heavy (non-hydrogen) atoms. The van der Waals surface area contributed by atoms with Crippen LogP contribution in [-0.2, 0) is 37.4 Å². The van der Waals surface area contributed by atoms with Gasteiger partial charge in [0.1, 0.15) is 5.60 Å². The Kier molecular flexibility index (Phi) is 8.60. The van der Waals surface area contributed by atoms with Gasteiger partial charge in [-0.1, -0.05) is 30.3 Å². The minimum Gasteiger partial charge on any atom is -1.00 e. The van der Waals surface area contributed by atoms with Gasteiger partial charge in [-0.15, -0.1) is 0 Å². The number of carbonyl (C=O) groups is 1. The predicted molar refractivity (Wildman–Crippen MR) is 117 cm³/mol. The van der Waals surface area contributed by atoms with Crippen molar-refractivity contribution in [3.8, 4) is 0 Å². The van der Waals surface area contributed by atoms with Gasteiger partial charge in [0, 0.05) is 25.2 Å². The van der Waals surface area contributed by atoms with Crippen molar-refractivity contribution in [3.05, 3.63) is 64.0 Å². The van der Waals surface area contributed by atoms with E-state index in [0.717, 1.165) is 36.2 Å². The molecule has 1 atom stereocenters. The molecule has 9 heteroatoms. The summed E-state index contributed by atoms with van der Waals surface area (Å²) >= 11 is 0. The van der Waals surface area contributed by atoms with Gasteiger partial charge >= 0.3 is 25.0 Å². The minimum atomic E-state index is -1.17. The number of benzene rings is 1. The number of aromatic nitrogens is 1. The third-order valence-corrected chi connectivity index (χ3v) is 5.60. The van der Waals surface area contributed by atoms with Gasteiger partial charge in [-0.05, 0) is 43.9 Å². The van der Waals surface area contributed by atoms with E-state index in [0.29, 0.717) is 17.9 Å². The normalized spacial score (nSPS) is 17.7. The van der Waals surface area contributed by atoms with Crippen LogP contribution in [0.25, 0.3) is 0 Å². The number of fused-ring (bicyclic) bond motifs is 3. The summed E-state index contributed by atoms with van der Waals surface area (Å²) in [6, 6.07) is 10.3. The van der Waals surface area contributed by atoms with Crippen molar-refractivity contribution < 1.29 is 38.6 Å². The molecule has 164 valence electrons. The first-order valence-corrected chi connectivity index (χ1v) is 10.3. The van der Waals surface area contributed by atoms with Crippen molar-refractivity contribution in [1.29, 1.82) is 0 Å². The average Bonchev–Trinajstić information content (AvgIpc) is 3.04. The molecule has 2 aromatic rings. The van der Waals surface area contributed by atoms with Crippen LogP contribution in [0.3, 0.4) is 0 Å². The number of rotatable bonds is 3. The number of carbonyl (C=O) groups excluding carboxylic acids is 1. The molecule has 0 fully saturated rings. The Morgan fingerprint density at radius 1 is 1.16 bits per heavy atom. The Morgan fingerprint density at radius 2 is 1.84 bits per heavy atom. The third kappa shape index (κ3) is 5.39. The van der Waals surface area contributed by atoms with Crippen LogP contribution < -0.4 is 18.9 Å². The average molecular weight is 429 g/mol. The van der Waals surface area contributed by atoms with E-state index >= 15 is 0 Å². The van der Waals surface area contributed by atoms with Gasteiger partial charge in [0.2, 0.25) is 0 Å². The molecule has 1 unspecified atom stereocenters. The molecule has 1 amide bonds. The number of nitrogens with zero attached hydrogens (tertiary/aromatic N) is 3. The zero-order valence-electron chi connectivity index (χ0n) is 19.3. The van der Waals surface area contributed by atoms with Crippen LogP contribution in [0.5, 0.6) is 0 Å². The number of amides is 1. The summed E-state index contributed by atoms with van der Waals surface area (Å²) in [5.74, 6) is 0. The van der Waals surface area contributed by atoms with E-state index in [9.17, 15) is 15.0 Å². The molecule has 0 saturated carbocycles. The summed E-state index contributed by atoms with van der Waals surface area (Å²) in [5, 5.41) is 20.7. The fourth-order valence-corrected chi connectivity index (χ4v) is 4.24. The fourth-order valence-electron chi connectivity index (χ4n) is 4.24. The quantitative estimate of drug-likeness (QED) is 0.640. The van der Waals surface area contributed by atoms with Gasteiger partial charge in [-0.3, -0.25) is 9.80 Å². The molecule has 2 N–H and O–H groups in total. The van der Waals surface area contributed by atoms with E-state index in [4.69, 9.17) is 4.74 Å². The van der Waals surface area contributed by atoms with Gasteiger partial charge in [0.15, 0.2) is 6.23 Å². The van der Waals surface area contributed by atoms with Crippen LogP contribution >= 0.6 is 0 Å². The van der Waals surface area contributed by atoms with Crippen LogP contribution in [0.1, 0.15) is 60.6 Å². The van der Waals surface area contributed by atoms with E-state index in [1.165, 1.54) is 10.5 Å². The molecule has 0 saturated heterocycles. The second kappa shape index (κ2) is 10.4. The summed E-state index contributed by atoms with van der Waals surface area (Å²) in [7, 11) is 0. The SMILES string of the molecule is CC(C)(C)OC(=O)N1Cc2c(nc(CO)c3c2CN(Cc2ccccc2)CC3)C1O.[B-].[Li+]. The van der Waals surface area contributed by atoms with Crippen LogP contribution in [0.2, 0.25) is 0 Å². The maximum absolute atomic E-state index is 12.6. The molecule has 2 aliphatic heterocycles. The van der Waals surface area contributed by atoms with Crippen molar-refractivity contribution in [2.75, 3.05) is 6.54 Å². The van der Waals surface area contributed by atoms with Crippen molar-refractivity contribution in [3.63, 3.8) is 0 Å². The number of aliphatic hydroxyl groups is 2. The number of hydrogen-bond acceptors (Lipinski definition) is 6. The molecule has 1 aromatic heterocycles. The molecule has 0 spiro atoms. The van der Waals surface area contributed by atoms with E-state index in [1.807, 2.05) is 18.2 Å². The summed E-state index contributed by atoms with van der Waals surface area (Å²) in [4.78, 5) is 20.8. The molecule has 0 aliphatic carbocycles. The molecule has 7 nitrogen and oxygen atoms in total. The molecular weight excluding hydrogens is 400 g/mol. The first kappa shape index (κ1) is 26.4. The Balaban J connectivity index is 0.00000181. The van der Waals surface area contributed by atoms with Crippen molar-refractivity contribution in [2.24, 2.45) is 0 Å². The molecule has 2 aliphatic rings. The summed E-state index contributed by atoms with van der Waals surface area (Å²) in [6.45, 7) is 7.84. The molecule has 4 radical (unpaired) electrons. The minimum absolute atomic E-state index is 0. The predicted octanol–water partition coefficient (Wildman–Crippen LogP) is -0.503. The molecule has 4 rings (SSSR count). The number of pyridine rings is 1. The molecule has 1 aromatic carbocycles. The van der Waals surface area contributed by atoms with Crippen molar-refractivity contribution >= 4 is 14.5 Å². The smallest absolute Gasteiger partial charge is 1.00 e. The Labute approximate surface area is 203 Å². The molecular formula is C23H29BLiN3O4. The fraction of sp³-hybridized carbons (Fsp3) is 0.478. The third-order valence-electron chi connectivity index (χ3n) is 5.60. The van der Waals surface area contributed by atoms with Gasteiger partial charge in [-0.2, -0.15) is 0 Å². The van der Waals surface area contributed by atoms with Crippen LogP contribution in [0, 0.1) is 0 Å². The van der Waals surface area contributed by atoms with Gasteiger partial charge in [0.05, 0.1) is 24.5 Å². The zero-order chi connectivity index (χ0) is 21.5. The van der Waals surface area contributed by atoms with E-state index in [2.05, 4.69) is 22.0 Å². The van der Waals surface area contributed by atoms with Crippen molar-refractivity contribution in [1.82, 2.24) is 14.8 Å². The van der Waals surface area contributed by atoms with Gasteiger partial charge in [-0.25, -0.2) is 9.78 Å². The second-order valence-electron chi connectivity index (χ2n) is 8.97. The Bertz CT molecular complexity index is 952. The summed E-state index contributed by atoms with van der Waals surface area (Å²) in [6.07, 6.45) is -0.958. The second-order valence-corrected chi connectivity index (χ2v) is 8.97. The molecule has 3 heterocycles. The van der Waals surface area contributed by atoms with E-state index in [1.54, 1.807) is 20.8 Å². The number of ether oxygens (including phenoxy) is 1. The van der Waals surface area contributed by atoms with E-state index in [-0.39, 0.29) is 40.4 Å². The summed E-state index contributed by atoms with van der Waals surface area (Å²) < 4.78 is 5.46. The Morgan fingerprint density at radius 3 is 2.47 bits per heavy atom. The van der Waals surface area contributed by atoms with Gasteiger partial charge < -0.3 is 23.4 Å². The largest absolute Gasteiger partial charge is 1.00 e. The van der Waals surface area contributed by atoms with Crippen LogP contribution in [-0.4, -0.2) is 51.6 Å². The van der Waals surface area contributed by atoms with Crippen LogP contribution in [0.4, 0.5) is 4.79 Å². The molecule has 0 bridgehead atoms.